The summed E-state index contributed by atoms with van der Waals surface area (Å²) < 4.78 is 5.00. The van der Waals surface area contributed by atoms with Gasteiger partial charge in [0.15, 0.2) is 0 Å². The molecule has 7 nitrogen and oxygen atoms in total. The number of nitrogens with one attached hydrogen (secondary N) is 1. The first-order chi connectivity index (χ1) is 9.00. The van der Waals surface area contributed by atoms with E-state index in [1.54, 1.807) is 13.8 Å². The molecule has 2 N–H and O–H groups in total. The highest BCUT2D eigenvalue weighted by Crippen LogP contribution is 2.18. The molecule has 2 heterocycles. The van der Waals surface area contributed by atoms with E-state index in [0.29, 0.717) is 25.3 Å². The summed E-state index contributed by atoms with van der Waals surface area (Å²) in [6.45, 7) is 4.35. The molecule has 1 fully saturated rings. The standard InChI is InChI=1S/C12H17N3O4/c1-7-9(8(2)19-14-7)6-13-12(18)15-5-3-4-10(15)11(16)17/h10H,3-6H2,1-2H3,(H,13,18)(H,16,17)/t10-/m1/s1. The Balaban J connectivity index is 1.96. The smallest absolute Gasteiger partial charge is 0.326 e. The third-order valence-electron chi connectivity index (χ3n) is 3.40. The molecule has 0 spiro atoms. The average molecular weight is 267 g/mol. The molecule has 104 valence electrons. The van der Waals surface area contributed by atoms with Gasteiger partial charge in [-0.1, -0.05) is 5.16 Å². The van der Waals surface area contributed by atoms with Gasteiger partial charge in [-0.05, 0) is 26.7 Å². The van der Waals surface area contributed by atoms with Gasteiger partial charge in [-0.15, -0.1) is 0 Å². The summed E-state index contributed by atoms with van der Waals surface area (Å²) in [5, 5.41) is 15.5. The molecular formula is C12H17N3O4. The molecule has 0 saturated carbocycles. The van der Waals surface area contributed by atoms with Crippen LogP contribution in [0.15, 0.2) is 4.52 Å². The van der Waals surface area contributed by atoms with Gasteiger partial charge in [0.2, 0.25) is 0 Å². The van der Waals surface area contributed by atoms with Crippen molar-refractivity contribution in [2.75, 3.05) is 6.54 Å². The first kappa shape index (κ1) is 13.4. The molecule has 0 aliphatic carbocycles. The molecule has 1 aliphatic heterocycles. The predicted octanol–water partition coefficient (Wildman–Crippen LogP) is 1.05. The summed E-state index contributed by atoms with van der Waals surface area (Å²) in [5.41, 5.74) is 1.56. The van der Waals surface area contributed by atoms with Crippen molar-refractivity contribution in [3.05, 3.63) is 17.0 Å². The summed E-state index contributed by atoms with van der Waals surface area (Å²) in [7, 11) is 0. The number of carboxylic acid groups (broad SMARTS) is 1. The van der Waals surface area contributed by atoms with Crippen molar-refractivity contribution >= 4 is 12.0 Å². The molecular weight excluding hydrogens is 250 g/mol. The quantitative estimate of drug-likeness (QED) is 0.853. The Morgan fingerprint density at radius 3 is 2.84 bits per heavy atom. The van der Waals surface area contributed by atoms with E-state index in [2.05, 4.69) is 10.5 Å². The fourth-order valence-corrected chi connectivity index (χ4v) is 2.29. The summed E-state index contributed by atoms with van der Waals surface area (Å²) >= 11 is 0. The van der Waals surface area contributed by atoms with Crippen molar-refractivity contribution < 1.29 is 19.2 Å². The van der Waals surface area contributed by atoms with Crippen LogP contribution in [0.1, 0.15) is 29.9 Å². The maximum Gasteiger partial charge on any atom is 0.326 e. The van der Waals surface area contributed by atoms with Crippen LogP contribution in [0.3, 0.4) is 0 Å². The number of urea groups is 1. The lowest BCUT2D eigenvalue weighted by molar-refractivity contribution is -0.141. The molecule has 0 aromatic carbocycles. The van der Waals surface area contributed by atoms with Crippen LogP contribution in [0.2, 0.25) is 0 Å². The van der Waals surface area contributed by atoms with Crippen molar-refractivity contribution in [3.63, 3.8) is 0 Å². The van der Waals surface area contributed by atoms with E-state index in [0.717, 1.165) is 17.7 Å². The van der Waals surface area contributed by atoms with Gasteiger partial charge in [0.05, 0.1) is 5.69 Å². The number of aliphatic carboxylic acids is 1. The molecule has 0 radical (unpaired) electrons. The minimum absolute atomic E-state index is 0.294. The Kier molecular flexibility index (Phi) is 3.73. The average Bonchev–Trinajstić information content (AvgIpc) is 2.95. The van der Waals surface area contributed by atoms with Gasteiger partial charge in [0, 0.05) is 18.7 Å². The van der Waals surface area contributed by atoms with Gasteiger partial charge in [0.25, 0.3) is 0 Å². The Morgan fingerprint density at radius 1 is 1.53 bits per heavy atom. The fourth-order valence-electron chi connectivity index (χ4n) is 2.29. The Hall–Kier alpha value is -2.05. The first-order valence-electron chi connectivity index (χ1n) is 6.19. The molecule has 19 heavy (non-hydrogen) atoms. The van der Waals surface area contributed by atoms with Gasteiger partial charge in [0.1, 0.15) is 11.8 Å². The van der Waals surface area contributed by atoms with Crippen LogP contribution in [0.25, 0.3) is 0 Å². The molecule has 0 bridgehead atoms. The van der Waals surface area contributed by atoms with Crippen molar-refractivity contribution in [2.24, 2.45) is 0 Å². The van der Waals surface area contributed by atoms with Gasteiger partial charge in [-0.3, -0.25) is 0 Å². The normalized spacial score (nSPS) is 18.6. The Labute approximate surface area is 110 Å². The van der Waals surface area contributed by atoms with Crippen LogP contribution in [0.5, 0.6) is 0 Å². The second-order valence-corrected chi connectivity index (χ2v) is 4.65. The van der Waals surface area contributed by atoms with Crippen LogP contribution >= 0.6 is 0 Å². The van der Waals surface area contributed by atoms with Gasteiger partial charge >= 0.3 is 12.0 Å². The summed E-state index contributed by atoms with van der Waals surface area (Å²) in [4.78, 5) is 24.4. The number of carbonyl (C=O) groups is 2. The number of aromatic nitrogens is 1. The van der Waals surface area contributed by atoms with Gasteiger partial charge in [-0.25, -0.2) is 9.59 Å². The molecule has 1 aromatic heterocycles. The molecule has 0 unspecified atom stereocenters. The van der Waals surface area contributed by atoms with E-state index in [9.17, 15) is 9.59 Å². The SMILES string of the molecule is Cc1noc(C)c1CNC(=O)N1CCC[C@@H]1C(=O)O. The monoisotopic (exact) mass is 267 g/mol. The largest absolute Gasteiger partial charge is 0.480 e. The molecule has 7 heteroatoms. The maximum absolute atomic E-state index is 12.0. The topological polar surface area (TPSA) is 95.7 Å². The Morgan fingerprint density at radius 2 is 2.26 bits per heavy atom. The minimum Gasteiger partial charge on any atom is -0.480 e. The number of carbonyl (C=O) groups excluding carboxylic acids is 1. The molecule has 2 amide bonds. The zero-order valence-electron chi connectivity index (χ0n) is 11.0. The minimum atomic E-state index is -0.954. The second-order valence-electron chi connectivity index (χ2n) is 4.65. The first-order valence-corrected chi connectivity index (χ1v) is 6.19. The molecule has 1 atom stereocenters. The molecule has 1 aromatic rings. The number of amides is 2. The number of nitrogens with zero attached hydrogens (tertiary/aromatic N) is 2. The third kappa shape index (κ3) is 2.69. The van der Waals surface area contributed by atoms with E-state index in [4.69, 9.17) is 9.63 Å². The zero-order valence-corrected chi connectivity index (χ0v) is 11.0. The summed E-state index contributed by atoms with van der Waals surface area (Å²) in [6.07, 6.45) is 1.23. The lowest BCUT2D eigenvalue weighted by Crippen LogP contribution is -2.45. The predicted molar refractivity (Wildman–Crippen MR) is 65.6 cm³/mol. The number of carboxylic acids is 1. The Bertz CT molecular complexity index is 478. The molecule has 1 saturated heterocycles. The third-order valence-corrected chi connectivity index (χ3v) is 3.40. The molecule has 1 aliphatic rings. The van der Waals surface area contributed by atoms with E-state index in [1.165, 1.54) is 4.90 Å². The highest BCUT2D eigenvalue weighted by molar-refractivity contribution is 5.83. The van der Waals surface area contributed by atoms with Crippen molar-refractivity contribution in [1.29, 1.82) is 0 Å². The lowest BCUT2D eigenvalue weighted by Gasteiger charge is -2.21. The van der Waals surface area contributed by atoms with E-state index in [-0.39, 0.29) is 6.03 Å². The van der Waals surface area contributed by atoms with Crippen molar-refractivity contribution in [2.45, 2.75) is 39.3 Å². The van der Waals surface area contributed by atoms with Crippen molar-refractivity contribution in [1.82, 2.24) is 15.4 Å². The number of aryl methyl sites for hydroxylation is 2. The summed E-state index contributed by atoms with van der Waals surface area (Å²) in [6, 6.07) is -1.07. The second kappa shape index (κ2) is 5.29. The highest BCUT2D eigenvalue weighted by atomic mass is 16.5. The van der Waals surface area contributed by atoms with Gasteiger partial charge < -0.3 is 19.8 Å². The van der Waals surface area contributed by atoms with Crippen molar-refractivity contribution in [3.8, 4) is 0 Å². The number of hydrogen-bond donors (Lipinski definition) is 2. The highest BCUT2D eigenvalue weighted by Gasteiger charge is 2.33. The van der Waals surface area contributed by atoms with Gasteiger partial charge in [-0.2, -0.15) is 0 Å². The van der Waals surface area contributed by atoms with E-state index in [1.807, 2.05) is 0 Å². The number of hydrogen-bond acceptors (Lipinski definition) is 4. The van der Waals surface area contributed by atoms with Crippen LogP contribution in [-0.4, -0.2) is 39.8 Å². The maximum atomic E-state index is 12.0. The fraction of sp³-hybridized carbons (Fsp3) is 0.583. The van der Waals surface area contributed by atoms with Crippen LogP contribution in [0.4, 0.5) is 4.79 Å². The lowest BCUT2D eigenvalue weighted by atomic mass is 10.2. The zero-order chi connectivity index (χ0) is 14.0. The number of rotatable bonds is 3. The van der Waals surface area contributed by atoms with Crippen LogP contribution in [-0.2, 0) is 11.3 Å². The summed E-state index contributed by atoms with van der Waals surface area (Å²) in [5.74, 6) is -0.293. The van der Waals surface area contributed by atoms with E-state index >= 15 is 0 Å². The van der Waals surface area contributed by atoms with E-state index < -0.39 is 12.0 Å². The molecule has 2 rings (SSSR count). The van der Waals surface area contributed by atoms with Crippen LogP contribution < -0.4 is 5.32 Å². The van der Waals surface area contributed by atoms with Crippen LogP contribution in [0, 0.1) is 13.8 Å². The number of likely N-dealkylation sites (tertiary alicyclic amines) is 1.